The summed E-state index contributed by atoms with van der Waals surface area (Å²) in [6, 6.07) is 3.51. The minimum absolute atomic E-state index is 0.113. The lowest BCUT2D eigenvalue weighted by atomic mass is 9.94. The molecule has 1 aliphatic rings. The lowest BCUT2D eigenvalue weighted by molar-refractivity contribution is -0.138. The Kier molecular flexibility index (Phi) is 6.37. The van der Waals surface area contributed by atoms with Crippen molar-refractivity contribution in [3.05, 3.63) is 64.5 Å². The van der Waals surface area contributed by atoms with Gasteiger partial charge in [0, 0.05) is 0 Å². The predicted molar refractivity (Wildman–Crippen MR) is 105 cm³/mol. The molecule has 1 atom stereocenters. The number of aryl methyl sites for hydroxylation is 1. The standard InChI is InChI=1S/C21H22F3N3O4/c1-4-15(13-6-5-7-14(11(13)2)21(22,23)24)27-19-18(20-30-8-9-31-20)16(10-17(28)29)25-12(3)26-19/h5-9,15,20H,4,10H2,1-3H3,(H,28,29)(H,25,26,27)/t15-/m1/s1. The number of halogens is 3. The number of aliphatic carboxylic acids is 1. The highest BCUT2D eigenvalue weighted by Gasteiger charge is 2.34. The maximum Gasteiger partial charge on any atom is 0.416 e. The molecule has 1 aromatic carbocycles. The average molecular weight is 437 g/mol. The minimum atomic E-state index is -4.47. The summed E-state index contributed by atoms with van der Waals surface area (Å²) >= 11 is 0. The van der Waals surface area contributed by atoms with Crippen molar-refractivity contribution < 1.29 is 32.5 Å². The highest BCUT2D eigenvalue weighted by Crippen LogP contribution is 2.38. The summed E-state index contributed by atoms with van der Waals surface area (Å²) in [5, 5.41) is 12.4. The maximum absolute atomic E-state index is 13.4. The van der Waals surface area contributed by atoms with E-state index in [-0.39, 0.29) is 17.1 Å². The average Bonchev–Trinajstić information content (AvgIpc) is 3.19. The van der Waals surface area contributed by atoms with Crippen LogP contribution in [-0.4, -0.2) is 21.0 Å². The third-order valence-electron chi connectivity index (χ3n) is 4.93. The third kappa shape index (κ3) is 4.89. The number of nitrogens with one attached hydrogen (secondary N) is 1. The van der Waals surface area contributed by atoms with Gasteiger partial charge in [0.15, 0.2) is 0 Å². The second-order valence-electron chi connectivity index (χ2n) is 7.05. The fraction of sp³-hybridized carbons (Fsp3) is 0.381. The summed E-state index contributed by atoms with van der Waals surface area (Å²) in [6.07, 6.45) is -2.75. The van der Waals surface area contributed by atoms with Crippen molar-refractivity contribution in [2.24, 2.45) is 0 Å². The molecule has 1 aromatic heterocycles. The Bertz CT molecular complexity index is 1000. The van der Waals surface area contributed by atoms with Gasteiger partial charge in [0.2, 0.25) is 0 Å². The molecule has 2 heterocycles. The van der Waals surface area contributed by atoms with E-state index in [4.69, 9.17) is 9.47 Å². The van der Waals surface area contributed by atoms with Gasteiger partial charge in [-0.3, -0.25) is 4.79 Å². The highest BCUT2D eigenvalue weighted by atomic mass is 19.4. The molecule has 31 heavy (non-hydrogen) atoms. The van der Waals surface area contributed by atoms with Gasteiger partial charge in [0.1, 0.15) is 24.2 Å². The van der Waals surface area contributed by atoms with Gasteiger partial charge in [0.05, 0.1) is 29.3 Å². The van der Waals surface area contributed by atoms with Gasteiger partial charge >= 0.3 is 12.1 Å². The number of nitrogens with zero attached hydrogens (tertiary/aromatic N) is 2. The van der Waals surface area contributed by atoms with Crippen LogP contribution >= 0.6 is 0 Å². The molecular formula is C21H22F3N3O4. The van der Waals surface area contributed by atoms with Crippen molar-refractivity contribution in [1.29, 1.82) is 0 Å². The van der Waals surface area contributed by atoms with Gasteiger partial charge in [-0.05, 0) is 37.5 Å². The first-order valence-electron chi connectivity index (χ1n) is 9.60. The van der Waals surface area contributed by atoms with Crippen molar-refractivity contribution in [3.63, 3.8) is 0 Å². The number of aromatic nitrogens is 2. The molecule has 166 valence electrons. The van der Waals surface area contributed by atoms with E-state index in [1.807, 2.05) is 6.92 Å². The number of carboxylic acid groups (broad SMARTS) is 1. The van der Waals surface area contributed by atoms with E-state index in [2.05, 4.69) is 15.3 Å². The van der Waals surface area contributed by atoms with Gasteiger partial charge in [-0.2, -0.15) is 13.2 Å². The Hall–Kier alpha value is -3.30. The summed E-state index contributed by atoms with van der Waals surface area (Å²) in [5.41, 5.74) is 0.364. The number of alkyl halides is 3. The van der Waals surface area contributed by atoms with Crippen LogP contribution in [0.25, 0.3) is 0 Å². The lowest BCUT2D eigenvalue weighted by Crippen LogP contribution is -2.20. The van der Waals surface area contributed by atoms with Gasteiger partial charge in [-0.15, -0.1) is 0 Å². The highest BCUT2D eigenvalue weighted by molar-refractivity contribution is 5.71. The fourth-order valence-electron chi connectivity index (χ4n) is 3.55. The first kappa shape index (κ1) is 22.4. The molecule has 2 N–H and O–H groups in total. The molecule has 0 spiro atoms. The predicted octanol–water partition coefficient (Wildman–Crippen LogP) is 4.82. The molecule has 10 heteroatoms. The molecule has 0 aliphatic carbocycles. The largest absolute Gasteiger partial charge is 0.481 e. The molecule has 3 rings (SSSR count). The summed E-state index contributed by atoms with van der Waals surface area (Å²) in [5.74, 6) is -0.540. The van der Waals surface area contributed by atoms with Crippen LogP contribution in [0.4, 0.5) is 19.0 Å². The van der Waals surface area contributed by atoms with Crippen LogP contribution in [0, 0.1) is 13.8 Å². The van der Waals surface area contributed by atoms with E-state index in [1.54, 1.807) is 13.0 Å². The molecule has 2 aromatic rings. The van der Waals surface area contributed by atoms with E-state index in [0.29, 0.717) is 23.4 Å². The first-order chi connectivity index (χ1) is 14.6. The maximum atomic E-state index is 13.4. The second-order valence-corrected chi connectivity index (χ2v) is 7.05. The van der Waals surface area contributed by atoms with E-state index in [0.717, 1.165) is 6.07 Å². The second kappa shape index (κ2) is 8.83. The van der Waals surface area contributed by atoms with Crippen molar-refractivity contribution in [2.45, 2.75) is 52.1 Å². The number of benzene rings is 1. The van der Waals surface area contributed by atoms with Crippen LogP contribution in [0.2, 0.25) is 0 Å². The van der Waals surface area contributed by atoms with Crippen LogP contribution < -0.4 is 5.32 Å². The van der Waals surface area contributed by atoms with Crippen molar-refractivity contribution in [2.75, 3.05) is 5.32 Å². The SMILES string of the molecule is CC[C@@H](Nc1nc(C)nc(CC(=O)O)c1C1OC=CO1)c1cccc(C(F)(F)F)c1C. The third-order valence-corrected chi connectivity index (χ3v) is 4.93. The van der Waals surface area contributed by atoms with E-state index < -0.39 is 36.5 Å². The van der Waals surface area contributed by atoms with Crippen molar-refractivity contribution in [1.82, 2.24) is 9.97 Å². The quantitative estimate of drug-likeness (QED) is 0.641. The number of carboxylic acids is 1. The van der Waals surface area contributed by atoms with E-state index in [9.17, 15) is 23.1 Å². The zero-order valence-electron chi connectivity index (χ0n) is 17.2. The Morgan fingerprint density at radius 3 is 2.48 bits per heavy atom. The molecule has 0 bridgehead atoms. The van der Waals surface area contributed by atoms with Crippen LogP contribution in [0.15, 0.2) is 30.7 Å². The number of hydrogen-bond donors (Lipinski definition) is 2. The molecule has 0 saturated heterocycles. The number of rotatable bonds is 7. The van der Waals surface area contributed by atoms with Gasteiger partial charge in [0.25, 0.3) is 6.29 Å². The monoisotopic (exact) mass is 437 g/mol. The molecule has 0 amide bonds. The summed E-state index contributed by atoms with van der Waals surface area (Å²) in [7, 11) is 0. The summed E-state index contributed by atoms with van der Waals surface area (Å²) in [4.78, 5) is 19.9. The minimum Gasteiger partial charge on any atom is -0.481 e. The molecule has 7 nitrogen and oxygen atoms in total. The molecule has 0 unspecified atom stereocenters. The molecular weight excluding hydrogens is 415 g/mol. The van der Waals surface area contributed by atoms with Gasteiger partial charge < -0.3 is 19.9 Å². The zero-order chi connectivity index (χ0) is 22.8. The van der Waals surface area contributed by atoms with Crippen LogP contribution in [0.5, 0.6) is 0 Å². The molecule has 0 fully saturated rings. The van der Waals surface area contributed by atoms with E-state index >= 15 is 0 Å². The molecule has 0 radical (unpaired) electrons. The van der Waals surface area contributed by atoms with Gasteiger partial charge in [-0.25, -0.2) is 9.97 Å². The van der Waals surface area contributed by atoms with Crippen molar-refractivity contribution in [3.8, 4) is 0 Å². The fourth-order valence-corrected chi connectivity index (χ4v) is 3.55. The summed E-state index contributed by atoms with van der Waals surface area (Å²) in [6.45, 7) is 4.86. The smallest absolute Gasteiger partial charge is 0.416 e. The van der Waals surface area contributed by atoms with Crippen LogP contribution in [-0.2, 0) is 26.9 Å². The molecule has 1 aliphatic heterocycles. The van der Waals surface area contributed by atoms with Crippen molar-refractivity contribution >= 4 is 11.8 Å². The number of anilines is 1. The van der Waals surface area contributed by atoms with Crippen LogP contribution in [0.3, 0.4) is 0 Å². The number of carbonyl (C=O) groups is 1. The molecule has 0 saturated carbocycles. The number of ether oxygens (including phenoxy) is 2. The Morgan fingerprint density at radius 2 is 1.90 bits per heavy atom. The normalized spacial score (nSPS) is 14.8. The van der Waals surface area contributed by atoms with Crippen LogP contribution in [0.1, 0.15) is 59.4 Å². The lowest BCUT2D eigenvalue weighted by Gasteiger charge is -2.25. The Labute approximate surface area is 176 Å². The summed E-state index contributed by atoms with van der Waals surface area (Å²) < 4.78 is 50.9. The number of hydrogen-bond acceptors (Lipinski definition) is 6. The van der Waals surface area contributed by atoms with Gasteiger partial charge in [-0.1, -0.05) is 19.1 Å². The Morgan fingerprint density at radius 1 is 1.23 bits per heavy atom. The Balaban J connectivity index is 2.06. The first-order valence-corrected chi connectivity index (χ1v) is 9.60. The van der Waals surface area contributed by atoms with E-state index in [1.165, 1.54) is 25.5 Å². The zero-order valence-corrected chi connectivity index (χ0v) is 17.2. The topological polar surface area (TPSA) is 93.6 Å².